The summed E-state index contributed by atoms with van der Waals surface area (Å²) in [5.41, 5.74) is 3.47. The van der Waals surface area contributed by atoms with Gasteiger partial charge in [0.05, 0.1) is 12.8 Å². The summed E-state index contributed by atoms with van der Waals surface area (Å²) in [6, 6.07) is 14.0. The smallest absolute Gasteiger partial charge is 0.263 e. The van der Waals surface area contributed by atoms with Gasteiger partial charge in [0.15, 0.2) is 6.10 Å². The average molecular weight is 383 g/mol. The Kier molecular flexibility index (Phi) is 6.45. The quantitative estimate of drug-likeness (QED) is 0.762. The first-order valence-electron chi connectivity index (χ1n) is 9.94. The number of hydrogen-bond acceptors (Lipinski definition) is 4. The molecule has 0 aromatic heterocycles. The van der Waals surface area contributed by atoms with Crippen molar-refractivity contribution in [3.63, 3.8) is 0 Å². The molecule has 1 saturated heterocycles. The summed E-state index contributed by atoms with van der Waals surface area (Å²) >= 11 is 0. The third-order valence-electron chi connectivity index (χ3n) is 5.42. The number of methoxy groups -OCH3 is 1. The molecule has 1 aliphatic heterocycles. The molecular formula is C23H30N2O3. The zero-order valence-electron chi connectivity index (χ0n) is 17.3. The standard InChI is InChI=1S/C23H30N2O3/c1-5-21(28-19-11-10-17(2)18(3)16-19)23(26)25-14-12-24(13-15-25)20-8-6-7-9-22(20)27-4/h6-11,16,21H,5,12-15H2,1-4H3/t21-/m0/s1. The normalized spacial score (nSPS) is 15.3. The van der Waals surface area contributed by atoms with Crippen LogP contribution in [-0.4, -0.2) is 50.2 Å². The number of carbonyl (C=O) groups is 1. The van der Waals surface area contributed by atoms with E-state index in [9.17, 15) is 4.79 Å². The van der Waals surface area contributed by atoms with Crippen LogP contribution in [0.4, 0.5) is 5.69 Å². The maximum absolute atomic E-state index is 13.0. The van der Waals surface area contributed by atoms with E-state index < -0.39 is 6.10 Å². The number of ether oxygens (including phenoxy) is 2. The number of rotatable bonds is 6. The number of aryl methyl sites for hydroxylation is 2. The highest BCUT2D eigenvalue weighted by atomic mass is 16.5. The highest BCUT2D eigenvalue weighted by molar-refractivity contribution is 5.81. The molecule has 5 heteroatoms. The molecule has 0 saturated carbocycles. The van der Waals surface area contributed by atoms with Crippen LogP contribution in [0.5, 0.6) is 11.5 Å². The minimum atomic E-state index is -0.445. The maximum Gasteiger partial charge on any atom is 0.263 e. The van der Waals surface area contributed by atoms with Gasteiger partial charge in [0.25, 0.3) is 5.91 Å². The highest BCUT2D eigenvalue weighted by Gasteiger charge is 2.28. The lowest BCUT2D eigenvalue weighted by Crippen LogP contribution is -2.52. The first kappa shape index (κ1) is 20.1. The second kappa shape index (κ2) is 9.00. The first-order valence-corrected chi connectivity index (χ1v) is 9.94. The van der Waals surface area contributed by atoms with E-state index in [1.807, 2.05) is 48.2 Å². The molecule has 150 valence electrons. The lowest BCUT2D eigenvalue weighted by atomic mass is 10.1. The Morgan fingerprint density at radius 2 is 1.75 bits per heavy atom. The van der Waals surface area contributed by atoms with Gasteiger partial charge >= 0.3 is 0 Å². The zero-order chi connectivity index (χ0) is 20.1. The molecule has 1 amide bonds. The summed E-state index contributed by atoms with van der Waals surface area (Å²) in [4.78, 5) is 17.2. The van der Waals surface area contributed by atoms with Crippen LogP contribution in [0.15, 0.2) is 42.5 Å². The van der Waals surface area contributed by atoms with Crippen LogP contribution in [0.2, 0.25) is 0 Å². The van der Waals surface area contributed by atoms with Crippen molar-refractivity contribution >= 4 is 11.6 Å². The van der Waals surface area contributed by atoms with Gasteiger partial charge < -0.3 is 19.3 Å². The predicted molar refractivity (Wildman–Crippen MR) is 112 cm³/mol. The van der Waals surface area contributed by atoms with Crippen molar-refractivity contribution in [2.75, 3.05) is 38.2 Å². The molecule has 0 bridgehead atoms. The Balaban J connectivity index is 1.62. The van der Waals surface area contributed by atoms with Crippen LogP contribution in [-0.2, 0) is 4.79 Å². The number of amides is 1. The van der Waals surface area contributed by atoms with Crippen molar-refractivity contribution in [2.24, 2.45) is 0 Å². The zero-order valence-corrected chi connectivity index (χ0v) is 17.3. The summed E-state index contributed by atoms with van der Waals surface area (Å²) < 4.78 is 11.5. The van der Waals surface area contributed by atoms with Crippen LogP contribution in [0.3, 0.4) is 0 Å². The number of hydrogen-bond donors (Lipinski definition) is 0. The number of anilines is 1. The lowest BCUT2D eigenvalue weighted by molar-refractivity contribution is -0.139. The second-order valence-corrected chi connectivity index (χ2v) is 7.24. The molecular weight excluding hydrogens is 352 g/mol. The fourth-order valence-corrected chi connectivity index (χ4v) is 3.52. The molecule has 1 aliphatic rings. The summed E-state index contributed by atoms with van der Waals surface area (Å²) in [5, 5.41) is 0. The van der Waals surface area contributed by atoms with Gasteiger partial charge in [-0.3, -0.25) is 4.79 Å². The second-order valence-electron chi connectivity index (χ2n) is 7.24. The summed E-state index contributed by atoms with van der Waals surface area (Å²) in [6.45, 7) is 9.06. The van der Waals surface area contributed by atoms with Crippen molar-refractivity contribution in [3.05, 3.63) is 53.6 Å². The lowest BCUT2D eigenvalue weighted by Gasteiger charge is -2.37. The topological polar surface area (TPSA) is 42.0 Å². The summed E-state index contributed by atoms with van der Waals surface area (Å²) in [6.07, 6.45) is 0.207. The molecule has 1 atom stereocenters. The van der Waals surface area contributed by atoms with Gasteiger partial charge in [0.2, 0.25) is 0 Å². The largest absolute Gasteiger partial charge is 0.495 e. The molecule has 2 aromatic carbocycles. The highest BCUT2D eigenvalue weighted by Crippen LogP contribution is 2.28. The summed E-state index contributed by atoms with van der Waals surface area (Å²) in [5.74, 6) is 1.70. The van der Waals surface area contributed by atoms with Crippen molar-refractivity contribution < 1.29 is 14.3 Å². The molecule has 0 radical (unpaired) electrons. The minimum Gasteiger partial charge on any atom is -0.495 e. The van der Waals surface area contributed by atoms with E-state index in [4.69, 9.17) is 9.47 Å². The van der Waals surface area contributed by atoms with Gasteiger partial charge in [0, 0.05) is 26.2 Å². The van der Waals surface area contributed by atoms with E-state index in [0.717, 1.165) is 30.3 Å². The van der Waals surface area contributed by atoms with E-state index in [2.05, 4.69) is 24.8 Å². The van der Waals surface area contributed by atoms with Crippen molar-refractivity contribution in [1.29, 1.82) is 0 Å². The van der Waals surface area contributed by atoms with Crippen molar-refractivity contribution in [2.45, 2.75) is 33.3 Å². The molecule has 2 aromatic rings. The molecule has 0 aliphatic carbocycles. The predicted octanol–water partition coefficient (Wildman–Crippen LogP) is 3.82. The molecule has 1 fully saturated rings. The fraction of sp³-hybridized carbons (Fsp3) is 0.435. The fourth-order valence-electron chi connectivity index (χ4n) is 3.52. The van der Waals surface area contributed by atoms with E-state index in [1.54, 1.807) is 7.11 Å². The number of nitrogens with zero attached hydrogens (tertiary/aromatic N) is 2. The molecule has 28 heavy (non-hydrogen) atoms. The Hall–Kier alpha value is -2.69. The van der Waals surface area contributed by atoms with E-state index in [-0.39, 0.29) is 5.91 Å². The van der Waals surface area contributed by atoms with Crippen LogP contribution in [0.25, 0.3) is 0 Å². The third-order valence-corrected chi connectivity index (χ3v) is 5.42. The SMILES string of the molecule is CC[C@H](Oc1ccc(C)c(C)c1)C(=O)N1CCN(c2ccccc2OC)CC1. The van der Waals surface area contributed by atoms with Gasteiger partial charge in [0.1, 0.15) is 11.5 Å². The maximum atomic E-state index is 13.0. The van der Waals surface area contributed by atoms with E-state index >= 15 is 0 Å². The summed E-state index contributed by atoms with van der Waals surface area (Å²) in [7, 11) is 1.69. The van der Waals surface area contributed by atoms with Gasteiger partial charge in [-0.05, 0) is 55.7 Å². The molecule has 0 N–H and O–H groups in total. The van der Waals surface area contributed by atoms with Gasteiger partial charge in [-0.2, -0.15) is 0 Å². The van der Waals surface area contributed by atoms with Gasteiger partial charge in [-0.25, -0.2) is 0 Å². The van der Waals surface area contributed by atoms with Crippen LogP contribution in [0.1, 0.15) is 24.5 Å². The Morgan fingerprint density at radius 3 is 2.39 bits per heavy atom. The van der Waals surface area contributed by atoms with E-state index in [1.165, 1.54) is 11.1 Å². The van der Waals surface area contributed by atoms with Gasteiger partial charge in [-0.1, -0.05) is 25.1 Å². The van der Waals surface area contributed by atoms with E-state index in [0.29, 0.717) is 19.5 Å². The number of carbonyl (C=O) groups excluding carboxylic acids is 1. The number of para-hydroxylation sites is 2. The first-order chi connectivity index (χ1) is 13.5. The molecule has 3 rings (SSSR count). The monoisotopic (exact) mass is 382 g/mol. The minimum absolute atomic E-state index is 0.0698. The Labute approximate surface area is 167 Å². The Bertz CT molecular complexity index is 813. The van der Waals surface area contributed by atoms with Gasteiger partial charge in [-0.15, -0.1) is 0 Å². The van der Waals surface area contributed by atoms with Crippen LogP contribution in [0, 0.1) is 13.8 Å². The third kappa shape index (κ3) is 4.41. The van der Waals surface area contributed by atoms with Crippen LogP contribution < -0.4 is 14.4 Å². The van der Waals surface area contributed by atoms with Crippen molar-refractivity contribution in [3.8, 4) is 11.5 Å². The average Bonchev–Trinajstić information content (AvgIpc) is 2.74. The molecule has 0 unspecified atom stereocenters. The Morgan fingerprint density at radius 1 is 1.04 bits per heavy atom. The number of piperazine rings is 1. The van der Waals surface area contributed by atoms with Crippen LogP contribution >= 0.6 is 0 Å². The number of benzene rings is 2. The van der Waals surface area contributed by atoms with Crippen molar-refractivity contribution in [1.82, 2.24) is 4.90 Å². The molecule has 1 heterocycles. The molecule has 0 spiro atoms. The molecule has 5 nitrogen and oxygen atoms in total.